The summed E-state index contributed by atoms with van der Waals surface area (Å²) in [5.41, 5.74) is 0.351. The van der Waals surface area contributed by atoms with Gasteiger partial charge in [0.05, 0.1) is 5.69 Å². The van der Waals surface area contributed by atoms with Gasteiger partial charge < -0.3 is 10.1 Å². The molecule has 1 fully saturated rings. The van der Waals surface area contributed by atoms with Crippen LogP contribution < -0.4 is 5.32 Å². The Hall–Kier alpha value is -0.740. The van der Waals surface area contributed by atoms with Crippen LogP contribution in [0.3, 0.4) is 0 Å². The Bertz CT molecular complexity index is 294. The molecule has 0 saturated carbocycles. The second-order valence-corrected chi connectivity index (χ2v) is 3.08. The minimum Gasteiger partial charge on any atom is -0.355 e. The number of para-hydroxylation sites is 1. The maximum Gasteiger partial charge on any atom is 0.165 e. The van der Waals surface area contributed by atoms with Gasteiger partial charge in [-0.25, -0.2) is 4.39 Å². The summed E-state index contributed by atoms with van der Waals surface area (Å²) in [4.78, 5) is 0. The molecule has 12 heavy (non-hydrogen) atoms. The number of ether oxygens (including phenoxy) is 1. The first kappa shape index (κ1) is 7.89. The fraction of sp³-hybridized carbons (Fsp3) is 0.250. The van der Waals surface area contributed by atoms with Crippen LogP contribution in [0, 0.1) is 5.82 Å². The standard InChI is InChI=1S/C8H8FNOS/c9-5-3-1-2-4-6(5)10-7-8(12)11-7/h1-4,7-8,10,12H. The minimum atomic E-state index is -0.270. The van der Waals surface area contributed by atoms with Crippen LogP contribution in [0.1, 0.15) is 0 Å². The molecule has 0 spiro atoms. The van der Waals surface area contributed by atoms with Crippen molar-refractivity contribution in [2.75, 3.05) is 5.32 Å². The number of hydrogen-bond acceptors (Lipinski definition) is 3. The molecule has 4 heteroatoms. The molecule has 1 aliphatic rings. The molecule has 2 unspecified atom stereocenters. The van der Waals surface area contributed by atoms with Gasteiger partial charge in [0, 0.05) is 0 Å². The molecule has 0 bridgehead atoms. The van der Waals surface area contributed by atoms with Crippen LogP contribution >= 0.6 is 12.6 Å². The Labute approximate surface area is 75.1 Å². The van der Waals surface area contributed by atoms with E-state index in [-0.39, 0.29) is 17.5 Å². The first-order valence-electron chi connectivity index (χ1n) is 3.62. The van der Waals surface area contributed by atoms with Crippen molar-refractivity contribution in [1.29, 1.82) is 0 Å². The molecule has 1 N–H and O–H groups in total. The molecule has 2 atom stereocenters. The number of nitrogens with one attached hydrogen (secondary N) is 1. The molecule has 0 aromatic heterocycles. The minimum absolute atomic E-state index is 0.107. The van der Waals surface area contributed by atoms with Gasteiger partial charge in [-0.1, -0.05) is 12.1 Å². The van der Waals surface area contributed by atoms with Crippen LogP contribution in [-0.2, 0) is 4.74 Å². The van der Waals surface area contributed by atoms with Crippen LogP contribution in [0.2, 0.25) is 0 Å². The van der Waals surface area contributed by atoms with Crippen LogP contribution in [0.15, 0.2) is 24.3 Å². The number of hydrogen-bond donors (Lipinski definition) is 2. The predicted octanol–water partition coefficient (Wildman–Crippen LogP) is 1.85. The Balaban J connectivity index is 2.08. The van der Waals surface area contributed by atoms with Gasteiger partial charge in [0.15, 0.2) is 6.23 Å². The highest BCUT2D eigenvalue weighted by atomic mass is 32.1. The third kappa shape index (κ3) is 1.54. The van der Waals surface area contributed by atoms with Gasteiger partial charge in [-0.05, 0) is 12.1 Å². The lowest BCUT2D eigenvalue weighted by atomic mass is 10.3. The van der Waals surface area contributed by atoms with Crippen molar-refractivity contribution in [3.63, 3.8) is 0 Å². The third-order valence-corrected chi connectivity index (χ3v) is 2.03. The van der Waals surface area contributed by atoms with E-state index in [4.69, 9.17) is 4.74 Å². The molecule has 2 nitrogen and oxygen atoms in total. The summed E-state index contributed by atoms with van der Waals surface area (Å²) in [7, 11) is 0. The highest BCUT2D eigenvalue weighted by molar-refractivity contribution is 7.81. The molecular formula is C8H8FNOS. The molecule has 2 rings (SSSR count). The SMILES string of the molecule is Fc1ccccc1NC1OC1S. The first-order chi connectivity index (χ1) is 5.77. The average molecular weight is 185 g/mol. The zero-order chi connectivity index (χ0) is 8.55. The van der Waals surface area contributed by atoms with E-state index < -0.39 is 0 Å². The van der Waals surface area contributed by atoms with Crippen LogP contribution in [0.25, 0.3) is 0 Å². The molecule has 1 aliphatic heterocycles. The zero-order valence-corrected chi connectivity index (χ0v) is 7.09. The number of anilines is 1. The van der Waals surface area contributed by atoms with Gasteiger partial charge in [0.25, 0.3) is 0 Å². The zero-order valence-electron chi connectivity index (χ0n) is 6.20. The fourth-order valence-corrected chi connectivity index (χ4v) is 1.15. The predicted molar refractivity (Wildman–Crippen MR) is 47.7 cm³/mol. The lowest BCUT2D eigenvalue weighted by Gasteiger charge is -2.02. The van der Waals surface area contributed by atoms with Crippen molar-refractivity contribution >= 4 is 18.3 Å². The van der Waals surface area contributed by atoms with E-state index >= 15 is 0 Å². The van der Waals surface area contributed by atoms with Gasteiger partial charge in [0.1, 0.15) is 11.3 Å². The van der Waals surface area contributed by atoms with E-state index in [2.05, 4.69) is 17.9 Å². The molecule has 1 aromatic rings. The summed E-state index contributed by atoms with van der Waals surface area (Å²) in [5.74, 6) is -0.270. The van der Waals surface area contributed by atoms with E-state index in [1.165, 1.54) is 6.07 Å². The Morgan fingerprint density at radius 2 is 2.08 bits per heavy atom. The molecule has 64 valence electrons. The number of halogens is 1. The van der Waals surface area contributed by atoms with Gasteiger partial charge >= 0.3 is 0 Å². The number of rotatable bonds is 2. The summed E-state index contributed by atoms with van der Waals surface area (Å²) < 4.78 is 17.9. The Morgan fingerprint density at radius 3 is 2.67 bits per heavy atom. The molecular weight excluding hydrogens is 177 g/mol. The molecule has 1 heterocycles. The van der Waals surface area contributed by atoms with Crippen molar-refractivity contribution in [3.8, 4) is 0 Å². The molecule has 0 radical (unpaired) electrons. The summed E-state index contributed by atoms with van der Waals surface area (Å²) in [6.07, 6.45) is -0.148. The van der Waals surface area contributed by atoms with E-state index in [0.29, 0.717) is 5.69 Å². The van der Waals surface area contributed by atoms with Crippen molar-refractivity contribution in [2.24, 2.45) is 0 Å². The Morgan fingerprint density at radius 1 is 1.42 bits per heavy atom. The van der Waals surface area contributed by atoms with Gasteiger partial charge in [0.2, 0.25) is 0 Å². The summed E-state index contributed by atoms with van der Waals surface area (Å²) in [6.45, 7) is 0. The van der Waals surface area contributed by atoms with Crippen molar-refractivity contribution in [1.82, 2.24) is 0 Å². The number of thiol groups is 1. The summed E-state index contributed by atoms with van der Waals surface area (Å²) in [6, 6.07) is 6.48. The van der Waals surface area contributed by atoms with Gasteiger partial charge in [-0.15, -0.1) is 12.6 Å². The van der Waals surface area contributed by atoms with E-state index in [1.54, 1.807) is 18.2 Å². The van der Waals surface area contributed by atoms with E-state index in [9.17, 15) is 4.39 Å². The normalized spacial score (nSPS) is 26.8. The van der Waals surface area contributed by atoms with Crippen LogP contribution in [-0.4, -0.2) is 11.7 Å². The smallest absolute Gasteiger partial charge is 0.165 e. The monoisotopic (exact) mass is 185 g/mol. The summed E-state index contributed by atoms with van der Waals surface area (Å²) >= 11 is 4.03. The summed E-state index contributed by atoms with van der Waals surface area (Å²) in [5, 5.41) is 2.86. The van der Waals surface area contributed by atoms with E-state index in [0.717, 1.165) is 0 Å². The lowest BCUT2D eigenvalue weighted by Crippen LogP contribution is -2.05. The highest BCUT2D eigenvalue weighted by Gasteiger charge is 2.35. The number of benzene rings is 1. The second-order valence-electron chi connectivity index (χ2n) is 2.57. The van der Waals surface area contributed by atoms with Gasteiger partial charge in [-0.2, -0.15) is 0 Å². The molecule has 0 amide bonds. The first-order valence-corrected chi connectivity index (χ1v) is 4.13. The maximum absolute atomic E-state index is 13.0. The van der Waals surface area contributed by atoms with Crippen LogP contribution in [0.4, 0.5) is 10.1 Å². The van der Waals surface area contributed by atoms with E-state index in [1.807, 2.05) is 0 Å². The highest BCUT2D eigenvalue weighted by Crippen LogP contribution is 2.27. The van der Waals surface area contributed by atoms with Crippen molar-refractivity contribution in [2.45, 2.75) is 11.7 Å². The molecule has 1 aromatic carbocycles. The largest absolute Gasteiger partial charge is 0.355 e. The fourth-order valence-electron chi connectivity index (χ4n) is 0.942. The molecule has 1 saturated heterocycles. The van der Waals surface area contributed by atoms with Crippen molar-refractivity contribution in [3.05, 3.63) is 30.1 Å². The maximum atomic E-state index is 13.0. The topological polar surface area (TPSA) is 24.6 Å². The second kappa shape index (κ2) is 2.95. The lowest BCUT2D eigenvalue weighted by molar-refractivity contribution is 0.418. The van der Waals surface area contributed by atoms with Crippen molar-refractivity contribution < 1.29 is 9.13 Å². The Kier molecular flexibility index (Phi) is 1.94. The third-order valence-electron chi connectivity index (χ3n) is 1.64. The average Bonchev–Trinajstić information content (AvgIpc) is 2.72. The quantitative estimate of drug-likeness (QED) is 0.543. The van der Waals surface area contributed by atoms with Crippen LogP contribution in [0.5, 0.6) is 0 Å². The number of epoxide rings is 1. The van der Waals surface area contributed by atoms with Gasteiger partial charge in [-0.3, -0.25) is 0 Å². The molecule has 0 aliphatic carbocycles.